The highest BCUT2D eigenvalue weighted by Gasteiger charge is 2.24. The molecule has 14 heteroatoms. The SMILES string of the molecule is O=c1[nH]c2cc3c(cc2[nH]1)-c1nc-3nc2[nH]c(nc3nc(nc4[nH]c(n1)c1ccccc41)-c1cc4[nH]c(=O)[nH]c4cc1-3)c1ccccc21. The summed E-state index contributed by atoms with van der Waals surface area (Å²) in [5, 5.41) is 3.35. The average Bonchev–Trinajstić information content (AvgIpc) is 3.92. The van der Waals surface area contributed by atoms with E-state index in [1.54, 1.807) is 0 Å². The lowest BCUT2D eigenvalue weighted by molar-refractivity contribution is 1.19. The molecule has 9 aromatic rings. The Kier molecular flexibility index (Phi) is 4.55. The predicted octanol–water partition coefficient (Wildman–Crippen LogP) is 5.21. The molecule has 226 valence electrons. The van der Waals surface area contributed by atoms with Gasteiger partial charge in [-0.15, -0.1) is 0 Å². The largest absolute Gasteiger partial charge is 0.324 e. The van der Waals surface area contributed by atoms with Gasteiger partial charge in [0.15, 0.2) is 23.3 Å². The molecule has 0 amide bonds. The van der Waals surface area contributed by atoms with Crippen molar-refractivity contribution >= 4 is 66.2 Å². The maximum Gasteiger partial charge on any atom is 0.323 e. The normalized spacial score (nSPS) is 12.3. The second kappa shape index (κ2) is 8.73. The molecule has 0 saturated heterocycles. The number of nitrogens with zero attached hydrogens (tertiary/aromatic N) is 6. The summed E-state index contributed by atoms with van der Waals surface area (Å²) in [6, 6.07) is 23.1. The Morgan fingerprint density at radius 2 is 0.625 bits per heavy atom. The van der Waals surface area contributed by atoms with E-state index < -0.39 is 0 Å². The van der Waals surface area contributed by atoms with Gasteiger partial charge in [-0.3, -0.25) is 0 Å². The van der Waals surface area contributed by atoms with Crippen molar-refractivity contribution in [2.45, 2.75) is 0 Å². The number of imidazole rings is 2. The molecular formula is C34H18N12O2. The van der Waals surface area contributed by atoms with Gasteiger partial charge in [0.1, 0.15) is 22.6 Å². The second-order valence-electron chi connectivity index (χ2n) is 11.7. The van der Waals surface area contributed by atoms with Crippen LogP contribution in [0.15, 0.2) is 82.4 Å². The van der Waals surface area contributed by atoms with Crippen LogP contribution in [-0.4, -0.2) is 59.8 Å². The third kappa shape index (κ3) is 3.44. The highest BCUT2D eigenvalue weighted by molar-refractivity contribution is 6.07. The fourth-order valence-corrected chi connectivity index (χ4v) is 6.75. The van der Waals surface area contributed by atoms with Gasteiger partial charge in [0.2, 0.25) is 0 Å². The minimum atomic E-state index is -0.306. The van der Waals surface area contributed by atoms with Crippen molar-refractivity contribution in [3.05, 3.63) is 93.8 Å². The molecule has 0 aliphatic carbocycles. The fraction of sp³-hybridized carbons (Fsp3) is 0. The maximum absolute atomic E-state index is 12.2. The Labute approximate surface area is 265 Å². The molecule has 8 bridgehead atoms. The summed E-state index contributed by atoms with van der Waals surface area (Å²) >= 11 is 0. The van der Waals surface area contributed by atoms with E-state index in [1.165, 1.54) is 0 Å². The van der Waals surface area contributed by atoms with Crippen LogP contribution in [0.4, 0.5) is 0 Å². The Bertz CT molecular complexity index is 2780. The van der Waals surface area contributed by atoms with E-state index in [4.69, 9.17) is 29.9 Å². The van der Waals surface area contributed by atoms with Crippen molar-refractivity contribution in [1.82, 2.24) is 59.8 Å². The van der Waals surface area contributed by atoms with Crippen LogP contribution in [0.1, 0.15) is 0 Å². The topological polar surface area (TPSA) is 206 Å². The van der Waals surface area contributed by atoms with Crippen molar-refractivity contribution in [3.63, 3.8) is 0 Å². The molecule has 0 unspecified atom stereocenters. The fourth-order valence-electron chi connectivity index (χ4n) is 6.75. The van der Waals surface area contributed by atoms with Crippen LogP contribution in [-0.2, 0) is 0 Å². The molecule has 0 radical (unpaired) electrons. The lowest BCUT2D eigenvalue weighted by Crippen LogP contribution is -1.99. The van der Waals surface area contributed by atoms with Gasteiger partial charge < -0.3 is 29.9 Å². The van der Waals surface area contributed by atoms with Gasteiger partial charge in [-0.25, -0.2) is 39.5 Å². The molecule has 6 N–H and O–H groups in total. The summed E-state index contributed by atoms with van der Waals surface area (Å²) < 4.78 is 0. The van der Waals surface area contributed by atoms with Gasteiger partial charge in [0, 0.05) is 43.8 Å². The van der Waals surface area contributed by atoms with Crippen LogP contribution in [0.25, 0.3) is 112 Å². The van der Waals surface area contributed by atoms with Crippen molar-refractivity contribution in [3.8, 4) is 45.6 Å². The quantitative estimate of drug-likeness (QED) is 0.131. The summed E-state index contributed by atoms with van der Waals surface area (Å²) in [5.74, 6) is 1.71. The number of hydrogen-bond acceptors (Lipinski definition) is 8. The summed E-state index contributed by atoms with van der Waals surface area (Å²) in [4.78, 5) is 72.5. The molecule has 7 heterocycles. The van der Waals surface area contributed by atoms with Gasteiger partial charge in [-0.2, -0.15) is 0 Å². The van der Waals surface area contributed by atoms with Crippen LogP contribution in [0, 0.1) is 0 Å². The number of hydrogen-bond donors (Lipinski definition) is 6. The van der Waals surface area contributed by atoms with Crippen molar-refractivity contribution in [2.75, 3.05) is 0 Å². The molecule has 11 rings (SSSR count). The van der Waals surface area contributed by atoms with Crippen molar-refractivity contribution in [1.29, 1.82) is 0 Å². The zero-order valence-electron chi connectivity index (χ0n) is 24.4. The first-order chi connectivity index (χ1) is 23.5. The monoisotopic (exact) mass is 626 g/mol. The zero-order valence-corrected chi connectivity index (χ0v) is 24.4. The van der Waals surface area contributed by atoms with Gasteiger partial charge in [-0.1, -0.05) is 48.5 Å². The Hall–Kier alpha value is -7.22. The number of nitrogens with one attached hydrogen (secondary N) is 6. The summed E-state index contributed by atoms with van der Waals surface area (Å²) in [5.41, 5.74) is 7.01. The van der Waals surface area contributed by atoms with Crippen LogP contribution in [0.3, 0.4) is 0 Å². The van der Waals surface area contributed by atoms with Crippen molar-refractivity contribution < 1.29 is 0 Å². The van der Waals surface area contributed by atoms with E-state index in [0.29, 0.717) is 68.0 Å². The standard InChI is InChI=1S/C34H18N12O2/c47-33-35-21-9-17-18(10-22(21)36-33)31-43-27-15-7-3-4-8-16(15)28(40-27)44-32-20-12-24-23(37-34(48)38-24)11-19(20)30(46-32)42-26-14-6-2-1-5-13(14)25(39-26)41-29(17)45-31/h1-12H,(H2,35,36,47)(H2,37,38,48)(H2,39,40,41,42,43,44,45,46). The molecule has 2 aliphatic rings. The second-order valence-corrected chi connectivity index (χ2v) is 11.7. The van der Waals surface area contributed by atoms with E-state index in [9.17, 15) is 9.59 Å². The number of H-pyrrole nitrogens is 6. The van der Waals surface area contributed by atoms with E-state index in [1.807, 2.05) is 72.8 Å². The van der Waals surface area contributed by atoms with Gasteiger partial charge in [0.05, 0.1) is 22.1 Å². The summed E-state index contributed by atoms with van der Waals surface area (Å²) in [7, 11) is 0. The Balaban J connectivity index is 1.34. The van der Waals surface area contributed by atoms with Gasteiger partial charge >= 0.3 is 11.4 Å². The van der Waals surface area contributed by atoms with Crippen LogP contribution in [0.5, 0.6) is 0 Å². The third-order valence-corrected chi connectivity index (χ3v) is 8.91. The first-order valence-corrected chi connectivity index (χ1v) is 15.1. The minimum Gasteiger partial charge on any atom is -0.324 e. The lowest BCUT2D eigenvalue weighted by atomic mass is 10.1. The van der Waals surface area contributed by atoms with Gasteiger partial charge in [-0.05, 0) is 24.3 Å². The molecule has 5 aromatic heterocycles. The van der Waals surface area contributed by atoms with Crippen molar-refractivity contribution in [2.24, 2.45) is 0 Å². The highest BCUT2D eigenvalue weighted by Crippen LogP contribution is 2.39. The predicted molar refractivity (Wildman–Crippen MR) is 181 cm³/mol. The molecule has 0 saturated carbocycles. The smallest absolute Gasteiger partial charge is 0.323 e. The molecule has 2 aliphatic heterocycles. The molecule has 48 heavy (non-hydrogen) atoms. The third-order valence-electron chi connectivity index (χ3n) is 8.91. The first kappa shape index (κ1) is 25.0. The summed E-state index contributed by atoms with van der Waals surface area (Å²) in [6.45, 7) is 0. The number of fused-ring (bicyclic) bond motifs is 22. The molecule has 4 aromatic carbocycles. The van der Waals surface area contributed by atoms with Crippen LogP contribution < -0.4 is 11.4 Å². The Morgan fingerprint density at radius 3 is 0.896 bits per heavy atom. The maximum atomic E-state index is 12.2. The van der Waals surface area contributed by atoms with E-state index in [-0.39, 0.29) is 11.4 Å². The molecular weight excluding hydrogens is 608 g/mol. The average molecular weight is 627 g/mol. The number of benzene rings is 4. The van der Waals surface area contributed by atoms with E-state index >= 15 is 0 Å². The first-order valence-electron chi connectivity index (χ1n) is 15.1. The molecule has 14 nitrogen and oxygen atoms in total. The lowest BCUT2D eigenvalue weighted by Gasteiger charge is -1.99. The van der Waals surface area contributed by atoms with E-state index in [2.05, 4.69) is 29.9 Å². The minimum absolute atomic E-state index is 0.306. The number of aromatic amines is 6. The number of aromatic nitrogens is 12. The zero-order chi connectivity index (χ0) is 31.7. The van der Waals surface area contributed by atoms with Crippen LogP contribution in [0.2, 0.25) is 0 Å². The highest BCUT2D eigenvalue weighted by atomic mass is 16.1. The summed E-state index contributed by atoms with van der Waals surface area (Å²) in [6.07, 6.45) is 0. The van der Waals surface area contributed by atoms with Crippen LogP contribution >= 0.6 is 0 Å². The molecule has 0 spiro atoms. The van der Waals surface area contributed by atoms with Gasteiger partial charge in [0.25, 0.3) is 0 Å². The van der Waals surface area contributed by atoms with E-state index in [0.717, 1.165) is 43.8 Å². The number of rotatable bonds is 0. The Morgan fingerprint density at radius 1 is 0.354 bits per heavy atom. The molecule has 0 atom stereocenters. The molecule has 0 fully saturated rings.